The third-order valence-electron chi connectivity index (χ3n) is 9.95. The monoisotopic (exact) mass is 848 g/mol. The molecule has 9 rings (SSSR count). The molecule has 0 saturated carbocycles. The molecule has 9 aromatic rings. The molecule has 0 heterocycles. The predicted molar refractivity (Wildman–Crippen MR) is 247 cm³/mol. The molecule has 9 aromatic carbocycles. The van der Waals surface area contributed by atoms with E-state index >= 15 is 0 Å². The number of hydrogen-bond acceptors (Lipinski definition) is 0. The van der Waals surface area contributed by atoms with E-state index in [-0.39, 0.29) is 39.7 Å². The summed E-state index contributed by atoms with van der Waals surface area (Å²) in [7, 11) is 0. The van der Waals surface area contributed by atoms with Crippen LogP contribution in [0, 0.1) is 28.7 Å². The predicted octanol–water partition coefficient (Wildman–Crippen LogP) is 15.5. The molecule has 0 aliphatic rings. The zero-order chi connectivity index (χ0) is 35.5. The molecule has 0 aliphatic carbocycles. The Morgan fingerprint density at radius 2 is 0.964 bits per heavy atom. The summed E-state index contributed by atoms with van der Waals surface area (Å²) in [5, 5.41) is 10.5. The SMILES string of the molecule is Cc1cc2c(-c3cccc4ccccc34)cc(-c3cccc4ccccc34)cc2[cH-]1.Cc1ccc(-c2cccc3[cH-]c(C(C)C)cc23)cc1.Cl.Cl.[CH3-].[CH3-].[Si]=[Zr]. The van der Waals surface area contributed by atoms with Crippen molar-refractivity contribution in [2.24, 2.45) is 0 Å². The number of rotatable bonds is 4. The van der Waals surface area contributed by atoms with Crippen LogP contribution >= 0.6 is 24.8 Å². The molecule has 0 unspecified atom stereocenters. The summed E-state index contributed by atoms with van der Waals surface area (Å²) in [6, 6.07) is 59.9. The summed E-state index contributed by atoms with van der Waals surface area (Å²) in [6.07, 6.45) is 0. The maximum atomic E-state index is 3.06. The van der Waals surface area contributed by atoms with Crippen molar-refractivity contribution >= 4 is 74.8 Å². The Bertz CT molecular complexity index is 2620. The van der Waals surface area contributed by atoms with Gasteiger partial charge in [0.2, 0.25) is 0 Å². The van der Waals surface area contributed by atoms with Crippen LogP contribution < -0.4 is 0 Å². The van der Waals surface area contributed by atoms with Crippen LogP contribution in [0.2, 0.25) is 0 Å². The van der Waals surface area contributed by atoms with Crippen LogP contribution in [0.15, 0.2) is 164 Å². The van der Waals surface area contributed by atoms with Crippen LogP contribution in [-0.4, -0.2) is 6.88 Å². The van der Waals surface area contributed by atoms with E-state index in [0.717, 1.165) is 0 Å². The Morgan fingerprint density at radius 1 is 0.455 bits per heavy atom. The number of benzene rings is 7. The van der Waals surface area contributed by atoms with Gasteiger partial charge in [-0.05, 0) is 51.1 Å². The van der Waals surface area contributed by atoms with Gasteiger partial charge in [-0.15, -0.1) is 87.8 Å². The van der Waals surface area contributed by atoms with E-state index in [0.29, 0.717) is 5.92 Å². The van der Waals surface area contributed by atoms with Crippen molar-refractivity contribution in [3.8, 4) is 33.4 Å². The summed E-state index contributed by atoms with van der Waals surface area (Å²) in [4.78, 5) is 0. The van der Waals surface area contributed by atoms with Gasteiger partial charge in [0, 0.05) is 0 Å². The van der Waals surface area contributed by atoms with Crippen molar-refractivity contribution in [2.45, 2.75) is 33.6 Å². The van der Waals surface area contributed by atoms with Gasteiger partial charge in [0.15, 0.2) is 0 Å². The molecule has 0 fully saturated rings. The Morgan fingerprint density at radius 3 is 1.58 bits per heavy atom. The van der Waals surface area contributed by atoms with Crippen molar-refractivity contribution in [1.29, 1.82) is 0 Å². The summed E-state index contributed by atoms with van der Waals surface area (Å²) in [5.74, 6) is 0.582. The van der Waals surface area contributed by atoms with Crippen LogP contribution in [0.3, 0.4) is 0 Å². The zero-order valence-electron chi connectivity index (χ0n) is 32.5. The van der Waals surface area contributed by atoms with E-state index in [1.54, 1.807) is 0 Å². The second-order valence-corrected chi connectivity index (χ2v) is 13.7. The molecule has 0 saturated heterocycles. The molecule has 0 bridgehead atoms. The van der Waals surface area contributed by atoms with Crippen molar-refractivity contribution in [1.82, 2.24) is 0 Å². The summed E-state index contributed by atoms with van der Waals surface area (Å²) in [6.45, 7) is 11.9. The Labute approximate surface area is 357 Å². The molecule has 0 N–H and O–H groups in total. The number of halogens is 2. The molecule has 0 atom stereocenters. The van der Waals surface area contributed by atoms with Gasteiger partial charge in [0.05, 0.1) is 0 Å². The second-order valence-electron chi connectivity index (χ2n) is 13.7. The van der Waals surface area contributed by atoms with Gasteiger partial charge >= 0.3 is 30.2 Å². The van der Waals surface area contributed by atoms with Crippen LogP contribution in [0.4, 0.5) is 0 Å². The number of fused-ring (bicyclic) bond motifs is 4. The molecule has 2 radical (unpaired) electrons. The van der Waals surface area contributed by atoms with Crippen LogP contribution in [0.5, 0.6) is 0 Å². The number of hydrogen-bond donors (Lipinski definition) is 0. The quantitative estimate of drug-likeness (QED) is 0.122. The molecule has 0 amide bonds. The summed E-state index contributed by atoms with van der Waals surface area (Å²) in [5.41, 5.74) is 11.8. The fourth-order valence-corrected chi connectivity index (χ4v) is 7.36. The van der Waals surface area contributed by atoms with Crippen molar-refractivity contribution < 1.29 is 23.3 Å². The van der Waals surface area contributed by atoms with E-state index in [2.05, 4.69) is 198 Å². The Balaban J connectivity index is 0.000000285. The van der Waals surface area contributed by atoms with Crippen LogP contribution in [0.1, 0.15) is 36.5 Å². The second kappa shape index (κ2) is 20.2. The Hall–Kier alpha value is -4.04. The number of aryl methyl sites for hydroxylation is 2. The molecule has 0 nitrogen and oxygen atoms in total. The van der Waals surface area contributed by atoms with Crippen molar-refractivity contribution in [3.63, 3.8) is 0 Å². The minimum atomic E-state index is 0. The first-order chi connectivity index (χ1) is 24.9. The molecule has 55 heavy (non-hydrogen) atoms. The van der Waals surface area contributed by atoms with Crippen LogP contribution in [0.25, 0.3) is 76.5 Å². The van der Waals surface area contributed by atoms with Gasteiger partial charge in [-0.3, -0.25) is 0 Å². The van der Waals surface area contributed by atoms with E-state index in [4.69, 9.17) is 0 Å². The molecule has 0 aliphatic heterocycles. The molecular weight excluding hydrogens is 803 g/mol. The van der Waals surface area contributed by atoms with E-state index in [1.165, 1.54) is 116 Å². The van der Waals surface area contributed by atoms with Crippen LogP contribution in [-0.2, 0) is 23.3 Å². The Kier molecular flexibility index (Phi) is 16.7. The standard InChI is InChI=1S/C30H21.C19H19.2CH3.2ClH.Si.Zr/c1-20-16-23-18-24(27-14-6-10-21-8-2-4-12-25(21)27)19-30(29(23)17-20)28-15-7-11-22-9-3-5-13-26(22)28;1-13(2)17-11-16-5-4-6-18(19(16)12-17)15-9-7-14(3)8-10-15;;;;;;/h2-19H,1H3;4-13H,1-3H3;2*1H3;2*1H;;/q4*-1;;;;. The van der Waals surface area contributed by atoms with Gasteiger partial charge in [0.1, 0.15) is 0 Å². The van der Waals surface area contributed by atoms with Crippen molar-refractivity contribution in [3.05, 3.63) is 195 Å². The normalized spacial score (nSPS) is 10.3. The third-order valence-corrected chi connectivity index (χ3v) is 9.95. The molecular formula is C51H48Cl2SiZr-4. The fourth-order valence-electron chi connectivity index (χ4n) is 7.36. The van der Waals surface area contributed by atoms with E-state index in [9.17, 15) is 0 Å². The van der Waals surface area contributed by atoms with E-state index in [1.807, 2.05) is 0 Å². The van der Waals surface area contributed by atoms with Crippen molar-refractivity contribution in [2.75, 3.05) is 0 Å². The first-order valence-corrected chi connectivity index (χ1v) is 21.8. The zero-order valence-corrected chi connectivity index (χ0v) is 37.6. The minimum absolute atomic E-state index is 0. The van der Waals surface area contributed by atoms with Gasteiger partial charge in [-0.2, -0.15) is 12.1 Å². The molecule has 0 aromatic heterocycles. The van der Waals surface area contributed by atoms with E-state index < -0.39 is 0 Å². The average molecular weight is 851 g/mol. The topological polar surface area (TPSA) is 0 Å². The third kappa shape index (κ3) is 9.50. The fraction of sp³-hybridized carbons (Fsp3) is 0.0980. The maximum absolute atomic E-state index is 3.06. The summed E-state index contributed by atoms with van der Waals surface area (Å²) >= 11 is 1.36. The summed E-state index contributed by atoms with van der Waals surface area (Å²) < 4.78 is 0. The molecule has 4 heteroatoms. The first kappa shape index (κ1) is 45.4. The van der Waals surface area contributed by atoms with Gasteiger partial charge in [-0.25, -0.2) is 0 Å². The van der Waals surface area contributed by atoms with Gasteiger partial charge in [-0.1, -0.05) is 164 Å². The average Bonchev–Trinajstić information content (AvgIpc) is 3.79. The molecule has 0 spiro atoms. The first-order valence-electron chi connectivity index (χ1n) is 17.6. The van der Waals surface area contributed by atoms with Gasteiger partial charge in [0.25, 0.3) is 0 Å². The van der Waals surface area contributed by atoms with Gasteiger partial charge < -0.3 is 14.9 Å². The molecule has 278 valence electrons.